The Kier molecular flexibility index (Phi) is 7.27. The van der Waals surface area contributed by atoms with Gasteiger partial charge in [-0.05, 0) is 55.5 Å². The van der Waals surface area contributed by atoms with Gasteiger partial charge in [0, 0.05) is 62.4 Å². The van der Waals surface area contributed by atoms with Crippen LogP contribution in [0, 0.1) is 11.8 Å². The molecule has 194 valence electrons. The molecule has 36 heavy (non-hydrogen) atoms. The van der Waals surface area contributed by atoms with Crippen LogP contribution in [0.3, 0.4) is 0 Å². The second kappa shape index (κ2) is 10.4. The Labute approximate surface area is 215 Å². The summed E-state index contributed by atoms with van der Waals surface area (Å²) in [5.41, 5.74) is 4.14. The van der Waals surface area contributed by atoms with Crippen molar-refractivity contribution in [1.82, 2.24) is 14.8 Å². The van der Waals surface area contributed by atoms with Crippen LogP contribution >= 0.6 is 0 Å². The Morgan fingerprint density at radius 1 is 1.19 bits per heavy atom. The van der Waals surface area contributed by atoms with Gasteiger partial charge in [0.1, 0.15) is 6.67 Å². The van der Waals surface area contributed by atoms with Gasteiger partial charge in [0.2, 0.25) is 0 Å². The van der Waals surface area contributed by atoms with E-state index in [1.54, 1.807) is 0 Å². The maximum Gasteiger partial charge on any atom is 0.152 e. The first kappa shape index (κ1) is 25.1. The quantitative estimate of drug-likeness (QED) is 0.455. The van der Waals surface area contributed by atoms with Crippen molar-refractivity contribution < 1.29 is 10.2 Å². The van der Waals surface area contributed by atoms with E-state index in [1.807, 2.05) is 18.2 Å². The van der Waals surface area contributed by atoms with Gasteiger partial charge < -0.3 is 10.2 Å². The third-order valence-electron chi connectivity index (χ3n) is 7.92. The number of aromatic nitrogens is 1. The van der Waals surface area contributed by atoms with Gasteiger partial charge in [-0.1, -0.05) is 44.7 Å². The summed E-state index contributed by atoms with van der Waals surface area (Å²) in [6.07, 6.45) is 6.39. The van der Waals surface area contributed by atoms with Crippen molar-refractivity contribution in [3.63, 3.8) is 0 Å². The second-order valence-electron chi connectivity index (χ2n) is 11.0. The Hall–Kier alpha value is -2.57. The SMILES string of the molecule is C=C(Nc1ccc2ccc(C3=C4CN(CCF)CC[C@@H]4C=C3)nc2c1)C1(F)CCN(CC(C)C)CC1.[HH]. The van der Waals surface area contributed by atoms with Crippen LogP contribution in [-0.2, 0) is 0 Å². The van der Waals surface area contributed by atoms with Gasteiger partial charge in [-0.15, -0.1) is 0 Å². The van der Waals surface area contributed by atoms with Gasteiger partial charge in [-0.2, -0.15) is 0 Å². The molecule has 6 heteroatoms. The van der Waals surface area contributed by atoms with E-state index in [4.69, 9.17) is 4.98 Å². The monoisotopic (exact) mass is 494 g/mol. The van der Waals surface area contributed by atoms with Gasteiger partial charge in [0.15, 0.2) is 5.67 Å². The highest BCUT2D eigenvalue weighted by Gasteiger charge is 2.37. The molecule has 3 aliphatic rings. The van der Waals surface area contributed by atoms with Gasteiger partial charge in [-0.3, -0.25) is 4.90 Å². The molecule has 1 atom stereocenters. The number of halogens is 2. The molecule has 0 bridgehead atoms. The van der Waals surface area contributed by atoms with E-state index in [0.29, 0.717) is 36.9 Å². The molecular formula is C30H40F2N4. The average Bonchev–Trinajstić information content (AvgIpc) is 3.28. The van der Waals surface area contributed by atoms with Crippen LogP contribution in [0.5, 0.6) is 0 Å². The number of pyridine rings is 1. The molecule has 1 aromatic heterocycles. The van der Waals surface area contributed by atoms with Crippen LogP contribution in [0.1, 0.15) is 40.2 Å². The number of rotatable bonds is 8. The molecule has 2 saturated heterocycles. The number of nitrogens with zero attached hydrogens (tertiary/aromatic N) is 3. The van der Waals surface area contributed by atoms with Gasteiger partial charge >= 0.3 is 0 Å². The van der Waals surface area contributed by atoms with E-state index in [9.17, 15) is 4.39 Å². The highest BCUT2D eigenvalue weighted by atomic mass is 19.1. The lowest BCUT2D eigenvalue weighted by atomic mass is 9.90. The largest absolute Gasteiger partial charge is 0.357 e. The van der Waals surface area contributed by atoms with Crippen molar-refractivity contribution in [2.75, 3.05) is 51.3 Å². The van der Waals surface area contributed by atoms with Gasteiger partial charge in [0.25, 0.3) is 0 Å². The van der Waals surface area contributed by atoms with E-state index >= 15 is 4.39 Å². The maximum atomic E-state index is 15.7. The van der Waals surface area contributed by atoms with Crippen molar-refractivity contribution in [2.45, 2.75) is 38.8 Å². The third kappa shape index (κ3) is 5.25. The second-order valence-corrected chi connectivity index (χ2v) is 11.0. The molecule has 0 amide bonds. The molecule has 2 fully saturated rings. The smallest absolute Gasteiger partial charge is 0.152 e. The van der Waals surface area contributed by atoms with E-state index in [1.165, 1.54) is 5.57 Å². The number of anilines is 1. The number of nitrogens with one attached hydrogen (secondary N) is 1. The van der Waals surface area contributed by atoms with Crippen LogP contribution in [0.15, 0.2) is 60.3 Å². The van der Waals surface area contributed by atoms with Crippen LogP contribution in [0.2, 0.25) is 0 Å². The number of hydrogen-bond donors (Lipinski definition) is 1. The fraction of sp³-hybridized carbons (Fsp3) is 0.500. The molecule has 1 aliphatic carbocycles. The highest BCUT2D eigenvalue weighted by Crippen LogP contribution is 2.38. The van der Waals surface area contributed by atoms with Gasteiger partial charge in [0.05, 0.1) is 11.2 Å². The standard InChI is InChI=1S/C30H38F2N4.H2/c1-21(2)19-36-15-11-30(32,12-16-36)22(3)33-25-7-4-24-6-9-28(34-29(24)18-25)26-8-5-23-10-14-35(17-13-31)20-27(23)26;/h4-9,18,21,23,33H,3,10-17,19-20H2,1-2H3;1H/t23-;/m0./s1. The molecule has 5 rings (SSSR count). The first-order valence-corrected chi connectivity index (χ1v) is 13.3. The van der Waals surface area contributed by atoms with E-state index in [2.05, 4.69) is 59.8 Å². The fourth-order valence-electron chi connectivity index (χ4n) is 5.85. The molecule has 0 spiro atoms. The molecule has 3 heterocycles. The van der Waals surface area contributed by atoms with Crippen molar-refractivity contribution in [2.24, 2.45) is 11.8 Å². The minimum Gasteiger partial charge on any atom is -0.357 e. The predicted octanol–water partition coefficient (Wildman–Crippen LogP) is 6.48. The van der Waals surface area contributed by atoms with E-state index in [-0.39, 0.29) is 8.10 Å². The summed E-state index contributed by atoms with van der Waals surface area (Å²) >= 11 is 0. The maximum absolute atomic E-state index is 15.7. The van der Waals surface area contributed by atoms with Crippen molar-refractivity contribution in [1.29, 1.82) is 0 Å². The Bertz CT molecular complexity index is 1180. The molecule has 0 saturated carbocycles. The molecule has 1 N–H and O–H groups in total. The lowest BCUT2D eigenvalue weighted by Gasteiger charge is -2.38. The molecule has 0 unspecified atom stereocenters. The summed E-state index contributed by atoms with van der Waals surface area (Å²) in [5, 5.41) is 4.30. The number of piperidine rings is 2. The summed E-state index contributed by atoms with van der Waals surface area (Å²) in [6, 6.07) is 10.1. The van der Waals surface area contributed by atoms with Crippen molar-refractivity contribution in [3.8, 4) is 0 Å². The van der Waals surface area contributed by atoms with E-state index < -0.39 is 5.67 Å². The molecular weight excluding hydrogens is 454 g/mol. The first-order valence-electron chi connectivity index (χ1n) is 13.3. The molecule has 2 aromatic rings. The third-order valence-corrected chi connectivity index (χ3v) is 7.92. The van der Waals surface area contributed by atoms with Crippen LogP contribution in [0.25, 0.3) is 16.5 Å². The first-order chi connectivity index (χ1) is 17.3. The zero-order valence-electron chi connectivity index (χ0n) is 21.6. The van der Waals surface area contributed by atoms with Crippen LogP contribution in [-0.4, -0.2) is 66.4 Å². The summed E-state index contributed by atoms with van der Waals surface area (Å²) in [4.78, 5) is 9.52. The Morgan fingerprint density at radius 3 is 2.72 bits per heavy atom. The minimum absolute atomic E-state index is 0. The normalized spacial score (nSPS) is 22.4. The lowest BCUT2D eigenvalue weighted by Crippen LogP contribution is -2.45. The van der Waals surface area contributed by atoms with Crippen molar-refractivity contribution in [3.05, 3.63) is 66.0 Å². The number of alkyl halides is 2. The number of likely N-dealkylation sites (tertiary alicyclic amines) is 2. The molecule has 2 aliphatic heterocycles. The zero-order valence-corrected chi connectivity index (χ0v) is 21.6. The Morgan fingerprint density at radius 2 is 1.97 bits per heavy atom. The average molecular weight is 495 g/mol. The predicted molar refractivity (Wildman–Crippen MR) is 148 cm³/mol. The fourth-order valence-corrected chi connectivity index (χ4v) is 5.85. The van der Waals surface area contributed by atoms with Crippen molar-refractivity contribution >= 4 is 22.2 Å². The molecule has 1 aromatic carbocycles. The minimum atomic E-state index is -1.40. The Balaban J connectivity index is 0.00000320. The number of benzene rings is 1. The summed E-state index contributed by atoms with van der Waals surface area (Å²) in [7, 11) is 0. The number of allylic oxidation sites excluding steroid dienone is 4. The van der Waals surface area contributed by atoms with Gasteiger partial charge in [-0.25, -0.2) is 13.8 Å². The highest BCUT2D eigenvalue weighted by molar-refractivity contribution is 5.87. The topological polar surface area (TPSA) is 31.4 Å². The summed E-state index contributed by atoms with van der Waals surface area (Å²) < 4.78 is 28.7. The zero-order chi connectivity index (χ0) is 25.3. The summed E-state index contributed by atoms with van der Waals surface area (Å²) in [6.45, 7) is 12.9. The number of fused-ring (bicyclic) bond motifs is 2. The molecule has 0 radical (unpaired) electrons. The van der Waals surface area contributed by atoms with Crippen LogP contribution in [0.4, 0.5) is 14.5 Å². The molecule has 4 nitrogen and oxygen atoms in total. The lowest BCUT2D eigenvalue weighted by molar-refractivity contribution is 0.0825. The summed E-state index contributed by atoms with van der Waals surface area (Å²) in [5.74, 6) is 1.01. The van der Waals surface area contributed by atoms with E-state index in [0.717, 1.165) is 67.0 Å². The van der Waals surface area contributed by atoms with Crippen LogP contribution < -0.4 is 5.32 Å². The number of hydrogen-bond acceptors (Lipinski definition) is 4.